The van der Waals surface area contributed by atoms with Crippen LogP contribution in [-0.4, -0.2) is 27.5 Å². The normalized spacial score (nSPS) is 11.8. The highest BCUT2D eigenvalue weighted by Gasteiger charge is 2.19. The van der Waals surface area contributed by atoms with Crippen molar-refractivity contribution in [3.05, 3.63) is 69.7 Å². The first-order valence-electron chi connectivity index (χ1n) is 8.56. The molecule has 0 fully saturated rings. The van der Waals surface area contributed by atoms with Gasteiger partial charge in [0.1, 0.15) is 6.54 Å². The second-order valence-electron chi connectivity index (χ2n) is 6.28. The van der Waals surface area contributed by atoms with Crippen LogP contribution >= 0.6 is 11.6 Å². The molecule has 1 heterocycles. The first kappa shape index (κ1) is 19.6. The van der Waals surface area contributed by atoms with E-state index in [2.05, 4.69) is 10.3 Å². The number of anilines is 1. The number of halogens is 1. The van der Waals surface area contributed by atoms with Crippen molar-refractivity contribution in [2.75, 3.05) is 5.32 Å². The largest absolute Gasteiger partial charge is 0.451 e. The summed E-state index contributed by atoms with van der Waals surface area (Å²) in [5.74, 6) is -1.22. The monoisotopic (exact) mass is 399 g/mol. The number of hydrogen-bond donors (Lipinski definition) is 1. The average molecular weight is 400 g/mol. The van der Waals surface area contributed by atoms with E-state index in [1.807, 2.05) is 6.92 Å². The maximum Gasteiger partial charge on any atom is 0.326 e. The van der Waals surface area contributed by atoms with Crippen LogP contribution in [-0.2, 0) is 20.9 Å². The molecular formula is C20H18ClN3O4. The van der Waals surface area contributed by atoms with Gasteiger partial charge in [-0.05, 0) is 43.7 Å². The number of aromatic nitrogens is 2. The van der Waals surface area contributed by atoms with E-state index in [0.29, 0.717) is 21.6 Å². The number of nitrogens with zero attached hydrogens (tertiary/aromatic N) is 2. The molecule has 3 aromatic rings. The van der Waals surface area contributed by atoms with Crippen molar-refractivity contribution >= 4 is 40.1 Å². The highest BCUT2D eigenvalue weighted by Crippen LogP contribution is 2.20. The number of rotatable bonds is 5. The number of para-hydroxylation sites is 1. The number of hydrogen-bond acceptors (Lipinski definition) is 5. The Labute approximate surface area is 165 Å². The van der Waals surface area contributed by atoms with Crippen LogP contribution in [0.15, 0.2) is 53.6 Å². The van der Waals surface area contributed by atoms with Crippen LogP contribution < -0.4 is 10.9 Å². The first-order chi connectivity index (χ1) is 13.3. The summed E-state index contributed by atoms with van der Waals surface area (Å²) in [6.07, 6.45) is 0.237. The lowest BCUT2D eigenvalue weighted by Crippen LogP contribution is -2.33. The van der Waals surface area contributed by atoms with Gasteiger partial charge in [-0.2, -0.15) is 0 Å². The summed E-state index contributed by atoms with van der Waals surface area (Å²) >= 11 is 5.94. The molecule has 144 valence electrons. The molecule has 3 rings (SSSR count). The van der Waals surface area contributed by atoms with Gasteiger partial charge in [-0.15, -0.1) is 0 Å². The molecule has 1 amide bonds. The second-order valence-corrected chi connectivity index (χ2v) is 6.71. The first-order valence-corrected chi connectivity index (χ1v) is 8.93. The molecule has 7 nitrogen and oxygen atoms in total. The van der Waals surface area contributed by atoms with Gasteiger partial charge in [-0.25, -0.2) is 4.98 Å². The summed E-state index contributed by atoms with van der Waals surface area (Å²) in [6.45, 7) is 2.93. The number of amides is 1. The van der Waals surface area contributed by atoms with Gasteiger partial charge in [0, 0.05) is 10.7 Å². The molecule has 0 unspecified atom stereocenters. The minimum atomic E-state index is -1.05. The Morgan fingerprint density at radius 1 is 1.25 bits per heavy atom. The van der Waals surface area contributed by atoms with Gasteiger partial charge in [0.05, 0.1) is 17.2 Å². The Bertz CT molecular complexity index is 1110. The van der Waals surface area contributed by atoms with Gasteiger partial charge < -0.3 is 10.1 Å². The zero-order valence-corrected chi connectivity index (χ0v) is 16.1. The molecule has 1 atom stereocenters. The molecule has 0 aliphatic carbocycles. The number of benzene rings is 2. The Morgan fingerprint density at radius 2 is 2.00 bits per heavy atom. The highest BCUT2D eigenvalue weighted by atomic mass is 35.5. The van der Waals surface area contributed by atoms with Crippen molar-refractivity contribution in [1.29, 1.82) is 0 Å². The highest BCUT2D eigenvalue weighted by molar-refractivity contribution is 6.31. The van der Waals surface area contributed by atoms with Gasteiger partial charge in [-0.1, -0.05) is 29.8 Å². The van der Waals surface area contributed by atoms with Gasteiger partial charge >= 0.3 is 5.97 Å². The van der Waals surface area contributed by atoms with Crippen molar-refractivity contribution in [2.24, 2.45) is 0 Å². The lowest BCUT2D eigenvalue weighted by Gasteiger charge is -2.15. The molecule has 0 aliphatic heterocycles. The third-order valence-corrected chi connectivity index (χ3v) is 4.40. The number of aryl methyl sites for hydroxylation is 1. The third kappa shape index (κ3) is 4.37. The van der Waals surface area contributed by atoms with Gasteiger partial charge in [-0.3, -0.25) is 19.0 Å². The molecule has 0 saturated heterocycles. The molecule has 1 aromatic heterocycles. The fourth-order valence-corrected chi connectivity index (χ4v) is 2.78. The van der Waals surface area contributed by atoms with Gasteiger partial charge in [0.15, 0.2) is 6.10 Å². The smallest absolute Gasteiger partial charge is 0.326 e. The summed E-state index contributed by atoms with van der Waals surface area (Å²) < 4.78 is 6.30. The van der Waals surface area contributed by atoms with E-state index in [4.69, 9.17) is 16.3 Å². The average Bonchev–Trinajstić information content (AvgIpc) is 2.67. The van der Waals surface area contributed by atoms with Crippen LogP contribution in [0.25, 0.3) is 10.9 Å². The van der Waals surface area contributed by atoms with Crippen molar-refractivity contribution in [3.8, 4) is 0 Å². The van der Waals surface area contributed by atoms with E-state index in [1.54, 1.807) is 42.5 Å². The maximum absolute atomic E-state index is 12.4. The SMILES string of the molecule is Cc1ccc(Cl)cc1NC(=O)[C@H](C)OC(=O)Cn1cnc2ccccc2c1=O. The predicted octanol–water partition coefficient (Wildman–Crippen LogP) is 2.93. The van der Waals surface area contributed by atoms with E-state index in [1.165, 1.54) is 13.3 Å². The summed E-state index contributed by atoms with van der Waals surface area (Å²) in [4.78, 5) is 41.0. The van der Waals surface area contributed by atoms with E-state index >= 15 is 0 Å². The van der Waals surface area contributed by atoms with Crippen LogP contribution in [0.2, 0.25) is 5.02 Å². The third-order valence-electron chi connectivity index (χ3n) is 4.17. The fourth-order valence-electron chi connectivity index (χ4n) is 2.61. The Balaban J connectivity index is 1.66. The number of esters is 1. The summed E-state index contributed by atoms with van der Waals surface area (Å²) in [5, 5.41) is 3.56. The molecule has 0 saturated carbocycles. The lowest BCUT2D eigenvalue weighted by molar-refractivity contribution is -0.153. The fraction of sp³-hybridized carbons (Fsp3) is 0.200. The minimum Gasteiger partial charge on any atom is -0.451 e. The molecule has 0 aliphatic rings. The maximum atomic E-state index is 12.4. The second kappa shape index (κ2) is 8.22. The molecule has 28 heavy (non-hydrogen) atoms. The van der Waals surface area contributed by atoms with Crippen molar-refractivity contribution in [1.82, 2.24) is 9.55 Å². The molecular weight excluding hydrogens is 382 g/mol. The number of ether oxygens (including phenoxy) is 1. The predicted molar refractivity (Wildman–Crippen MR) is 106 cm³/mol. The van der Waals surface area contributed by atoms with E-state index < -0.39 is 18.0 Å². The Kier molecular flexibility index (Phi) is 5.75. The topological polar surface area (TPSA) is 90.3 Å². The number of fused-ring (bicyclic) bond motifs is 1. The van der Waals surface area contributed by atoms with Crippen molar-refractivity contribution < 1.29 is 14.3 Å². The van der Waals surface area contributed by atoms with Crippen molar-refractivity contribution in [2.45, 2.75) is 26.5 Å². The number of carbonyl (C=O) groups excluding carboxylic acids is 2. The van der Waals surface area contributed by atoms with Crippen LogP contribution in [0.3, 0.4) is 0 Å². The van der Waals surface area contributed by atoms with Gasteiger partial charge in [0.2, 0.25) is 0 Å². The van der Waals surface area contributed by atoms with Crippen LogP contribution in [0.1, 0.15) is 12.5 Å². The summed E-state index contributed by atoms with van der Waals surface area (Å²) in [6, 6.07) is 11.9. The zero-order chi connectivity index (χ0) is 20.3. The van der Waals surface area contributed by atoms with E-state index in [9.17, 15) is 14.4 Å². The van der Waals surface area contributed by atoms with Crippen molar-refractivity contribution in [3.63, 3.8) is 0 Å². The van der Waals surface area contributed by atoms with Crippen LogP contribution in [0, 0.1) is 6.92 Å². The summed E-state index contributed by atoms with van der Waals surface area (Å²) in [5.41, 5.74) is 1.55. The quantitative estimate of drug-likeness (QED) is 0.666. The molecule has 2 aromatic carbocycles. The summed E-state index contributed by atoms with van der Waals surface area (Å²) in [7, 11) is 0. The zero-order valence-electron chi connectivity index (χ0n) is 15.3. The number of nitrogens with one attached hydrogen (secondary N) is 1. The molecule has 0 spiro atoms. The Morgan fingerprint density at radius 3 is 2.79 bits per heavy atom. The van der Waals surface area contributed by atoms with E-state index in [-0.39, 0.29) is 12.1 Å². The molecule has 8 heteroatoms. The standard InChI is InChI=1S/C20H18ClN3O4/c1-12-7-8-14(21)9-17(12)23-19(26)13(2)28-18(25)10-24-11-22-16-6-4-3-5-15(16)20(24)27/h3-9,11,13H,10H2,1-2H3,(H,23,26)/t13-/m0/s1. The molecule has 1 N–H and O–H groups in total. The molecule has 0 radical (unpaired) electrons. The Hall–Kier alpha value is -3.19. The molecule has 0 bridgehead atoms. The van der Waals surface area contributed by atoms with E-state index in [0.717, 1.165) is 10.1 Å². The van der Waals surface area contributed by atoms with Crippen LogP contribution in [0.4, 0.5) is 5.69 Å². The number of carbonyl (C=O) groups is 2. The lowest BCUT2D eigenvalue weighted by atomic mass is 10.2. The van der Waals surface area contributed by atoms with Crippen LogP contribution in [0.5, 0.6) is 0 Å². The van der Waals surface area contributed by atoms with Gasteiger partial charge in [0.25, 0.3) is 11.5 Å². The minimum absolute atomic E-state index is 0.343.